The first-order chi connectivity index (χ1) is 11.3. The summed E-state index contributed by atoms with van der Waals surface area (Å²) < 4.78 is 16.2. The first-order valence-electron chi connectivity index (χ1n) is 7.49. The maximum Gasteiger partial charge on any atom is 0.306 e. The van der Waals surface area contributed by atoms with Crippen molar-refractivity contribution in [3.8, 4) is 5.75 Å². The van der Waals surface area contributed by atoms with Gasteiger partial charge in [0.15, 0.2) is 12.2 Å². The molecule has 0 spiro atoms. The number of aromatic nitrogens is 1. The van der Waals surface area contributed by atoms with E-state index in [2.05, 4.69) is 4.98 Å². The van der Waals surface area contributed by atoms with Crippen LogP contribution in [0.1, 0.15) is 18.7 Å². The molecule has 0 atom stereocenters. The highest BCUT2D eigenvalue weighted by Gasteiger charge is 2.08. The zero-order valence-electron chi connectivity index (χ0n) is 12.6. The maximum atomic E-state index is 11.7. The van der Waals surface area contributed by atoms with E-state index < -0.39 is 0 Å². The molecule has 2 aromatic carbocycles. The van der Waals surface area contributed by atoms with Crippen molar-refractivity contribution in [3.05, 3.63) is 60.5 Å². The lowest BCUT2D eigenvalue weighted by Crippen LogP contribution is -2.07. The second-order valence-corrected chi connectivity index (χ2v) is 5.00. The quantitative estimate of drug-likeness (QED) is 0.491. The van der Waals surface area contributed by atoms with Crippen LogP contribution < -0.4 is 4.74 Å². The largest absolute Gasteiger partial charge is 0.494 e. The van der Waals surface area contributed by atoms with Crippen LogP contribution in [0.4, 0.5) is 0 Å². The third kappa shape index (κ3) is 4.32. The summed E-state index contributed by atoms with van der Waals surface area (Å²) in [6, 6.07) is 16.9. The van der Waals surface area contributed by atoms with Gasteiger partial charge in [0, 0.05) is 6.42 Å². The summed E-state index contributed by atoms with van der Waals surface area (Å²) in [6.07, 6.45) is 0.897. The first kappa shape index (κ1) is 15.1. The number of benzene rings is 2. The van der Waals surface area contributed by atoms with Crippen molar-refractivity contribution >= 4 is 17.1 Å². The van der Waals surface area contributed by atoms with Crippen LogP contribution in [0.5, 0.6) is 5.75 Å². The molecule has 5 nitrogen and oxygen atoms in total. The average molecular weight is 311 g/mol. The highest BCUT2D eigenvalue weighted by molar-refractivity contribution is 5.72. The molecule has 0 radical (unpaired) electrons. The van der Waals surface area contributed by atoms with E-state index in [4.69, 9.17) is 13.9 Å². The first-order valence-corrected chi connectivity index (χ1v) is 7.49. The maximum absolute atomic E-state index is 11.7. The van der Waals surface area contributed by atoms with Gasteiger partial charge in [-0.25, -0.2) is 4.98 Å². The molecule has 5 heteroatoms. The summed E-state index contributed by atoms with van der Waals surface area (Å²) in [5.74, 6) is 0.913. The lowest BCUT2D eigenvalue weighted by atomic mass is 10.3. The molecule has 0 saturated carbocycles. The van der Waals surface area contributed by atoms with Crippen LogP contribution in [0.15, 0.2) is 59.0 Å². The topological polar surface area (TPSA) is 61.6 Å². The van der Waals surface area contributed by atoms with Gasteiger partial charge < -0.3 is 13.9 Å². The van der Waals surface area contributed by atoms with Gasteiger partial charge in [-0.2, -0.15) is 0 Å². The van der Waals surface area contributed by atoms with Gasteiger partial charge in [-0.15, -0.1) is 0 Å². The second kappa shape index (κ2) is 7.45. The van der Waals surface area contributed by atoms with E-state index in [1.165, 1.54) is 0 Å². The van der Waals surface area contributed by atoms with E-state index in [9.17, 15) is 4.79 Å². The van der Waals surface area contributed by atoms with Crippen molar-refractivity contribution in [1.82, 2.24) is 4.98 Å². The molecule has 0 aliphatic heterocycles. The van der Waals surface area contributed by atoms with Gasteiger partial charge in [0.05, 0.1) is 6.61 Å². The zero-order chi connectivity index (χ0) is 15.9. The smallest absolute Gasteiger partial charge is 0.306 e. The van der Waals surface area contributed by atoms with Crippen LogP contribution in [-0.2, 0) is 16.1 Å². The summed E-state index contributed by atoms with van der Waals surface area (Å²) in [7, 11) is 0. The third-order valence-electron chi connectivity index (χ3n) is 3.23. The molecule has 0 aliphatic rings. The Hall–Kier alpha value is -2.82. The zero-order valence-corrected chi connectivity index (χ0v) is 12.6. The van der Waals surface area contributed by atoms with Crippen LogP contribution in [0, 0.1) is 0 Å². The number of ether oxygens (including phenoxy) is 2. The lowest BCUT2D eigenvalue weighted by Gasteiger charge is -2.05. The van der Waals surface area contributed by atoms with Crippen molar-refractivity contribution in [2.75, 3.05) is 6.61 Å². The fourth-order valence-corrected chi connectivity index (χ4v) is 2.12. The number of hydrogen-bond donors (Lipinski definition) is 0. The van der Waals surface area contributed by atoms with Crippen molar-refractivity contribution < 1.29 is 18.7 Å². The predicted octanol–water partition coefficient (Wildman–Crippen LogP) is 3.73. The van der Waals surface area contributed by atoms with Gasteiger partial charge in [0.1, 0.15) is 11.3 Å². The number of para-hydroxylation sites is 3. The Morgan fingerprint density at radius 1 is 1.04 bits per heavy atom. The summed E-state index contributed by atoms with van der Waals surface area (Å²) in [6.45, 7) is 0.523. The number of rotatable bonds is 7. The van der Waals surface area contributed by atoms with E-state index in [1.54, 1.807) is 0 Å². The average Bonchev–Trinajstić information content (AvgIpc) is 3.01. The molecule has 1 heterocycles. The monoisotopic (exact) mass is 311 g/mol. The Kier molecular flexibility index (Phi) is 4.88. The molecule has 0 N–H and O–H groups in total. The molecule has 0 fully saturated rings. The molecular weight excluding hydrogens is 294 g/mol. The highest BCUT2D eigenvalue weighted by Crippen LogP contribution is 2.15. The van der Waals surface area contributed by atoms with E-state index in [1.807, 2.05) is 54.6 Å². The minimum Gasteiger partial charge on any atom is -0.494 e. The van der Waals surface area contributed by atoms with Crippen LogP contribution >= 0.6 is 0 Å². The van der Waals surface area contributed by atoms with Crippen molar-refractivity contribution in [2.45, 2.75) is 19.4 Å². The van der Waals surface area contributed by atoms with Gasteiger partial charge in [-0.05, 0) is 30.7 Å². The molecule has 0 aliphatic carbocycles. The fraction of sp³-hybridized carbons (Fsp3) is 0.222. The minimum absolute atomic E-state index is 0.0487. The van der Waals surface area contributed by atoms with Gasteiger partial charge >= 0.3 is 5.97 Å². The Morgan fingerprint density at radius 2 is 1.83 bits per heavy atom. The second-order valence-electron chi connectivity index (χ2n) is 5.00. The molecular formula is C18H17NO4. The molecule has 0 bridgehead atoms. The van der Waals surface area contributed by atoms with Crippen LogP contribution in [-0.4, -0.2) is 17.6 Å². The lowest BCUT2D eigenvalue weighted by molar-refractivity contribution is -0.145. The number of fused-ring (bicyclic) bond motifs is 1. The fourth-order valence-electron chi connectivity index (χ4n) is 2.12. The molecule has 1 aromatic heterocycles. The van der Waals surface area contributed by atoms with Crippen LogP contribution in [0.3, 0.4) is 0 Å². The normalized spacial score (nSPS) is 10.6. The molecule has 0 unspecified atom stereocenters. The molecule has 0 saturated heterocycles. The van der Waals surface area contributed by atoms with Crippen molar-refractivity contribution in [1.29, 1.82) is 0 Å². The number of hydrogen-bond acceptors (Lipinski definition) is 5. The number of nitrogens with zero attached hydrogens (tertiary/aromatic N) is 1. The van der Waals surface area contributed by atoms with Gasteiger partial charge in [0.2, 0.25) is 5.89 Å². The van der Waals surface area contributed by atoms with Gasteiger partial charge in [-0.3, -0.25) is 4.79 Å². The highest BCUT2D eigenvalue weighted by atomic mass is 16.5. The Morgan fingerprint density at radius 3 is 2.65 bits per heavy atom. The standard InChI is InChI=1S/C18H17NO4/c20-18(11-6-12-21-14-7-2-1-3-8-14)22-13-17-19-15-9-4-5-10-16(15)23-17/h1-5,7-10H,6,11-13H2. The molecule has 0 amide bonds. The molecule has 3 aromatic rings. The number of esters is 1. The van der Waals surface area contributed by atoms with Gasteiger partial charge in [0.25, 0.3) is 0 Å². The summed E-state index contributed by atoms with van der Waals surface area (Å²) in [4.78, 5) is 15.9. The summed E-state index contributed by atoms with van der Waals surface area (Å²) in [5.41, 5.74) is 1.45. The summed E-state index contributed by atoms with van der Waals surface area (Å²) in [5, 5.41) is 0. The van der Waals surface area contributed by atoms with Crippen LogP contribution in [0.25, 0.3) is 11.1 Å². The predicted molar refractivity (Wildman–Crippen MR) is 85.0 cm³/mol. The van der Waals surface area contributed by atoms with E-state index in [-0.39, 0.29) is 12.6 Å². The minimum atomic E-state index is -0.288. The summed E-state index contributed by atoms with van der Waals surface area (Å²) >= 11 is 0. The molecule has 3 rings (SSSR count). The molecule has 23 heavy (non-hydrogen) atoms. The Bertz CT molecular complexity index is 734. The number of carbonyl (C=O) groups excluding carboxylic acids is 1. The number of carbonyl (C=O) groups is 1. The Balaban J connectivity index is 1.38. The third-order valence-corrected chi connectivity index (χ3v) is 3.23. The van der Waals surface area contributed by atoms with Gasteiger partial charge in [-0.1, -0.05) is 30.3 Å². The SMILES string of the molecule is O=C(CCCOc1ccccc1)OCc1nc2ccccc2o1. The van der Waals surface area contributed by atoms with E-state index in [0.717, 1.165) is 11.3 Å². The Labute approximate surface area is 133 Å². The van der Waals surface area contributed by atoms with E-state index >= 15 is 0 Å². The van der Waals surface area contributed by atoms with Crippen molar-refractivity contribution in [2.24, 2.45) is 0 Å². The molecule has 118 valence electrons. The van der Waals surface area contributed by atoms with Crippen molar-refractivity contribution in [3.63, 3.8) is 0 Å². The number of oxazole rings is 1. The van der Waals surface area contributed by atoms with Crippen LogP contribution in [0.2, 0.25) is 0 Å². The van der Waals surface area contributed by atoms with E-state index in [0.29, 0.717) is 30.9 Å².